The van der Waals surface area contributed by atoms with Gasteiger partial charge in [-0.05, 0) is 17.7 Å². The minimum atomic E-state index is -0.316. The highest BCUT2D eigenvalue weighted by molar-refractivity contribution is 7.99. The molecule has 1 saturated heterocycles. The molecule has 16 heavy (non-hydrogen) atoms. The van der Waals surface area contributed by atoms with E-state index in [0.29, 0.717) is 13.1 Å². The number of amides is 1. The lowest BCUT2D eigenvalue weighted by Gasteiger charge is -2.07. The number of carbonyl (C=O) groups excluding carboxylic acids is 1. The molecule has 0 radical (unpaired) electrons. The van der Waals surface area contributed by atoms with Gasteiger partial charge in [0.05, 0.1) is 6.54 Å². The van der Waals surface area contributed by atoms with Crippen LogP contribution in [0, 0.1) is 0 Å². The third-order valence-corrected chi connectivity index (χ3v) is 3.49. The molecule has 2 rings (SSSR count). The fourth-order valence-electron chi connectivity index (χ4n) is 1.44. The van der Waals surface area contributed by atoms with Crippen molar-refractivity contribution in [3.8, 4) is 0 Å². The SMILES string of the molecule is NCc1ccc(SCC2CNC(=O)O2)cc1. The Kier molecular flexibility index (Phi) is 3.69. The Balaban J connectivity index is 1.82. The van der Waals surface area contributed by atoms with Crippen LogP contribution in [0.1, 0.15) is 5.56 Å². The van der Waals surface area contributed by atoms with Gasteiger partial charge in [-0.15, -0.1) is 11.8 Å². The lowest BCUT2D eigenvalue weighted by molar-refractivity contribution is 0.150. The maximum Gasteiger partial charge on any atom is 0.407 e. The minimum absolute atomic E-state index is 0.0216. The van der Waals surface area contributed by atoms with Crippen LogP contribution in [-0.2, 0) is 11.3 Å². The molecule has 1 heterocycles. The quantitative estimate of drug-likeness (QED) is 0.777. The Morgan fingerprint density at radius 3 is 2.75 bits per heavy atom. The van der Waals surface area contributed by atoms with Crippen molar-refractivity contribution in [2.45, 2.75) is 17.5 Å². The van der Waals surface area contributed by atoms with Gasteiger partial charge < -0.3 is 15.8 Å². The smallest absolute Gasteiger partial charge is 0.407 e. The summed E-state index contributed by atoms with van der Waals surface area (Å²) in [6.07, 6.45) is -0.337. The zero-order valence-corrected chi connectivity index (χ0v) is 9.63. The molecule has 0 aliphatic carbocycles. The van der Waals surface area contributed by atoms with Crippen LogP contribution < -0.4 is 11.1 Å². The summed E-state index contributed by atoms with van der Waals surface area (Å²) in [6, 6.07) is 8.11. The second kappa shape index (κ2) is 5.23. The van der Waals surface area contributed by atoms with E-state index in [1.54, 1.807) is 11.8 Å². The minimum Gasteiger partial charge on any atom is -0.443 e. The van der Waals surface area contributed by atoms with E-state index in [0.717, 1.165) is 11.3 Å². The molecule has 4 nitrogen and oxygen atoms in total. The van der Waals surface area contributed by atoms with Crippen molar-refractivity contribution >= 4 is 17.9 Å². The first-order valence-electron chi connectivity index (χ1n) is 5.14. The Bertz CT molecular complexity index is 367. The molecule has 1 atom stereocenters. The van der Waals surface area contributed by atoms with Crippen LogP contribution in [-0.4, -0.2) is 24.5 Å². The van der Waals surface area contributed by atoms with E-state index in [4.69, 9.17) is 10.5 Å². The summed E-state index contributed by atoms with van der Waals surface area (Å²) < 4.78 is 5.04. The van der Waals surface area contributed by atoms with Gasteiger partial charge in [-0.1, -0.05) is 12.1 Å². The number of nitrogens with one attached hydrogen (secondary N) is 1. The molecule has 0 spiro atoms. The van der Waals surface area contributed by atoms with Crippen molar-refractivity contribution in [1.29, 1.82) is 0 Å². The number of thioether (sulfide) groups is 1. The zero-order valence-electron chi connectivity index (χ0n) is 8.81. The summed E-state index contributed by atoms with van der Waals surface area (Å²) in [6.45, 7) is 1.17. The van der Waals surface area contributed by atoms with Gasteiger partial charge in [-0.2, -0.15) is 0 Å². The topological polar surface area (TPSA) is 64.3 Å². The predicted octanol–water partition coefficient (Wildman–Crippen LogP) is 1.35. The summed E-state index contributed by atoms with van der Waals surface area (Å²) in [5, 5.41) is 2.63. The highest BCUT2D eigenvalue weighted by Gasteiger charge is 2.22. The van der Waals surface area contributed by atoms with E-state index in [-0.39, 0.29) is 12.2 Å². The van der Waals surface area contributed by atoms with E-state index in [1.807, 2.05) is 24.3 Å². The van der Waals surface area contributed by atoms with Crippen LogP contribution in [0.15, 0.2) is 29.2 Å². The number of nitrogens with two attached hydrogens (primary N) is 1. The summed E-state index contributed by atoms with van der Waals surface area (Å²) >= 11 is 1.68. The molecule has 1 aromatic rings. The first-order valence-corrected chi connectivity index (χ1v) is 6.13. The summed E-state index contributed by atoms with van der Waals surface area (Å²) in [7, 11) is 0. The van der Waals surface area contributed by atoms with Crippen molar-refractivity contribution in [2.24, 2.45) is 5.73 Å². The molecule has 0 bridgehead atoms. The fourth-order valence-corrected chi connectivity index (χ4v) is 2.33. The molecule has 1 aromatic carbocycles. The highest BCUT2D eigenvalue weighted by atomic mass is 32.2. The molecule has 1 fully saturated rings. The predicted molar refractivity (Wildman–Crippen MR) is 63.3 cm³/mol. The van der Waals surface area contributed by atoms with Crippen LogP contribution in [0.5, 0.6) is 0 Å². The second-order valence-electron chi connectivity index (χ2n) is 3.57. The summed E-state index contributed by atoms with van der Waals surface area (Å²) in [4.78, 5) is 12.0. The van der Waals surface area contributed by atoms with Gasteiger partial charge in [0.2, 0.25) is 0 Å². The average Bonchev–Trinajstić information content (AvgIpc) is 2.73. The Morgan fingerprint density at radius 2 is 2.19 bits per heavy atom. The van der Waals surface area contributed by atoms with Gasteiger partial charge in [-0.25, -0.2) is 4.79 Å². The molecule has 0 aromatic heterocycles. The van der Waals surface area contributed by atoms with Gasteiger partial charge in [0.1, 0.15) is 6.10 Å². The van der Waals surface area contributed by atoms with E-state index in [2.05, 4.69) is 5.32 Å². The lowest BCUT2D eigenvalue weighted by Crippen LogP contribution is -2.16. The van der Waals surface area contributed by atoms with Crippen LogP contribution >= 0.6 is 11.8 Å². The molecule has 86 valence electrons. The van der Waals surface area contributed by atoms with E-state index in [9.17, 15) is 4.79 Å². The number of cyclic esters (lactones) is 1. The summed E-state index contributed by atoms with van der Waals surface area (Å²) in [5.74, 6) is 0.778. The Morgan fingerprint density at radius 1 is 1.44 bits per heavy atom. The molecule has 1 aliphatic heterocycles. The van der Waals surface area contributed by atoms with Gasteiger partial charge in [0, 0.05) is 17.2 Å². The van der Waals surface area contributed by atoms with E-state index >= 15 is 0 Å². The molecule has 1 amide bonds. The van der Waals surface area contributed by atoms with Crippen LogP contribution in [0.25, 0.3) is 0 Å². The fraction of sp³-hybridized carbons (Fsp3) is 0.364. The largest absolute Gasteiger partial charge is 0.443 e. The van der Waals surface area contributed by atoms with Crippen LogP contribution in [0.2, 0.25) is 0 Å². The van der Waals surface area contributed by atoms with E-state index < -0.39 is 0 Å². The molecular formula is C11H14N2O2S. The first-order chi connectivity index (χ1) is 7.78. The van der Waals surface area contributed by atoms with Crippen LogP contribution in [0.3, 0.4) is 0 Å². The third-order valence-electron chi connectivity index (χ3n) is 2.34. The average molecular weight is 238 g/mol. The maximum absolute atomic E-state index is 10.8. The lowest BCUT2D eigenvalue weighted by atomic mass is 10.2. The highest BCUT2D eigenvalue weighted by Crippen LogP contribution is 2.20. The zero-order chi connectivity index (χ0) is 11.4. The molecular weight excluding hydrogens is 224 g/mol. The number of carbonyl (C=O) groups is 1. The number of rotatable bonds is 4. The first kappa shape index (κ1) is 11.3. The van der Waals surface area contributed by atoms with Gasteiger partial charge in [-0.3, -0.25) is 0 Å². The number of benzene rings is 1. The van der Waals surface area contributed by atoms with Crippen molar-refractivity contribution in [3.05, 3.63) is 29.8 Å². The van der Waals surface area contributed by atoms with Crippen molar-refractivity contribution in [1.82, 2.24) is 5.32 Å². The van der Waals surface area contributed by atoms with Crippen molar-refractivity contribution < 1.29 is 9.53 Å². The van der Waals surface area contributed by atoms with Gasteiger partial charge >= 0.3 is 6.09 Å². The number of alkyl carbamates (subject to hydrolysis) is 1. The monoisotopic (exact) mass is 238 g/mol. The van der Waals surface area contributed by atoms with Crippen LogP contribution in [0.4, 0.5) is 4.79 Å². The van der Waals surface area contributed by atoms with Gasteiger partial charge in [0.15, 0.2) is 0 Å². The maximum atomic E-state index is 10.8. The number of hydrogen-bond donors (Lipinski definition) is 2. The Hall–Kier alpha value is -1.20. The standard InChI is InChI=1S/C11H14N2O2S/c12-5-8-1-3-10(4-2-8)16-7-9-6-13-11(14)15-9/h1-4,9H,5-7,12H2,(H,13,14). The molecule has 1 aliphatic rings. The number of hydrogen-bond acceptors (Lipinski definition) is 4. The second-order valence-corrected chi connectivity index (χ2v) is 4.66. The molecule has 3 N–H and O–H groups in total. The molecule has 0 saturated carbocycles. The summed E-state index contributed by atoms with van der Waals surface area (Å²) in [5.41, 5.74) is 6.64. The van der Waals surface area contributed by atoms with E-state index in [1.165, 1.54) is 4.90 Å². The van der Waals surface area contributed by atoms with Crippen molar-refractivity contribution in [3.63, 3.8) is 0 Å². The van der Waals surface area contributed by atoms with Gasteiger partial charge in [0.25, 0.3) is 0 Å². The molecule has 1 unspecified atom stereocenters. The van der Waals surface area contributed by atoms with Crippen molar-refractivity contribution in [2.75, 3.05) is 12.3 Å². The Labute approximate surface area is 98.5 Å². The third kappa shape index (κ3) is 2.90. The number of ether oxygens (including phenoxy) is 1. The molecule has 5 heteroatoms. The normalized spacial score (nSPS) is 19.3.